The van der Waals surface area contributed by atoms with Gasteiger partial charge in [-0.25, -0.2) is 0 Å². The average Bonchev–Trinajstić information content (AvgIpc) is 3.13. The Morgan fingerprint density at radius 3 is 2.83 bits per heavy atom. The molecule has 0 N–H and O–H groups in total. The van der Waals surface area contributed by atoms with Gasteiger partial charge in [0, 0.05) is 6.54 Å². The molecule has 6 nitrogen and oxygen atoms in total. The van der Waals surface area contributed by atoms with Crippen LogP contribution < -0.4 is 9.64 Å². The average molecular weight is 345 g/mol. The number of ether oxygens (including phenoxy) is 2. The Hall–Kier alpha value is -2.67. The van der Waals surface area contributed by atoms with Crippen LogP contribution >= 0.6 is 11.3 Å². The maximum Gasteiger partial charge on any atom is 0.308 e. The number of amides is 1. The summed E-state index contributed by atoms with van der Waals surface area (Å²) < 4.78 is 10.3. The Balaban J connectivity index is 1.53. The van der Waals surface area contributed by atoms with E-state index in [4.69, 9.17) is 9.47 Å². The second-order valence-corrected chi connectivity index (χ2v) is 6.06. The van der Waals surface area contributed by atoms with Crippen molar-refractivity contribution < 1.29 is 23.9 Å². The van der Waals surface area contributed by atoms with Gasteiger partial charge in [0.2, 0.25) is 5.78 Å². The lowest BCUT2D eigenvalue weighted by Gasteiger charge is -2.28. The molecule has 0 atom stereocenters. The third-order valence-corrected chi connectivity index (χ3v) is 4.42. The van der Waals surface area contributed by atoms with Gasteiger partial charge >= 0.3 is 5.97 Å². The van der Waals surface area contributed by atoms with E-state index in [-0.39, 0.29) is 37.9 Å². The smallest absolute Gasteiger partial charge is 0.308 e. The summed E-state index contributed by atoms with van der Waals surface area (Å²) in [5, 5.41) is 1.79. The monoisotopic (exact) mass is 345 g/mol. The minimum absolute atomic E-state index is 0.0117. The van der Waals surface area contributed by atoms with Crippen molar-refractivity contribution >= 4 is 34.7 Å². The number of thiophene rings is 1. The molecule has 1 aromatic heterocycles. The Morgan fingerprint density at radius 1 is 1.21 bits per heavy atom. The molecule has 0 spiro atoms. The first-order valence-corrected chi connectivity index (χ1v) is 8.27. The minimum atomic E-state index is -0.517. The second-order valence-electron chi connectivity index (χ2n) is 5.11. The fourth-order valence-electron chi connectivity index (χ4n) is 2.33. The van der Waals surface area contributed by atoms with Gasteiger partial charge in [0.25, 0.3) is 5.91 Å². The zero-order valence-corrected chi connectivity index (χ0v) is 13.6. The molecule has 0 saturated heterocycles. The van der Waals surface area contributed by atoms with Crippen LogP contribution in [0, 0.1) is 0 Å². The number of para-hydroxylation sites is 2. The number of carbonyl (C=O) groups excluding carboxylic acids is 3. The van der Waals surface area contributed by atoms with Gasteiger partial charge in [-0.2, -0.15) is 0 Å². The van der Waals surface area contributed by atoms with Crippen molar-refractivity contribution in [2.75, 3.05) is 24.7 Å². The fourth-order valence-corrected chi connectivity index (χ4v) is 2.98. The van der Waals surface area contributed by atoms with Crippen molar-refractivity contribution in [1.29, 1.82) is 0 Å². The highest BCUT2D eigenvalue weighted by atomic mass is 32.1. The zero-order chi connectivity index (χ0) is 16.9. The van der Waals surface area contributed by atoms with Crippen LogP contribution in [-0.4, -0.2) is 37.4 Å². The minimum Gasteiger partial charge on any atom is -0.482 e. The van der Waals surface area contributed by atoms with Gasteiger partial charge in [-0.15, -0.1) is 11.3 Å². The number of esters is 1. The van der Waals surface area contributed by atoms with Crippen molar-refractivity contribution in [1.82, 2.24) is 0 Å². The van der Waals surface area contributed by atoms with Crippen LogP contribution in [0.15, 0.2) is 41.8 Å². The Bertz CT molecular complexity index is 756. The summed E-state index contributed by atoms with van der Waals surface area (Å²) in [7, 11) is 0. The molecule has 24 heavy (non-hydrogen) atoms. The topological polar surface area (TPSA) is 72.9 Å². The maximum atomic E-state index is 12.0. The maximum absolute atomic E-state index is 12.0. The highest BCUT2D eigenvalue weighted by Gasteiger charge is 2.25. The van der Waals surface area contributed by atoms with E-state index in [1.165, 1.54) is 16.2 Å². The van der Waals surface area contributed by atoms with Crippen molar-refractivity contribution in [3.05, 3.63) is 46.7 Å². The molecule has 1 aromatic carbocycles. The molecule has 1 amide bonds. The number of nitrogens with zero attached hydrogens (tertiary/aromatic N) is 1. The van der Waals surface area contributed by atoms with Gasteiger partial charge in [-0.1, -0.05) is 18.2 Å². The first-order chi connectivity index (χ1) is 11.6. The van der Waals surface area contributed by atoms with E-state index in [0.717, 1.165) is 0 Å². The summed E-state index contributed by atoms with van der Waals surface area (Å²) in [4.78, 5) is 37.7. The van der Waals surface area contributed by atoms with E-state index in [1.807, 2.05) is 6.07 Å². The molecule has 1 aliphatic heterocycles. The molecule has 0 saturated carbocycles. The predicted octanol–water partition coefficient (Wildman–Crippen LogP) is 2.29. The molecule has 0 bridgehead atoms. The lowest BCUT2D eigenvalue weighted by molar-refractivity contribution is -0.142. The SMILES string of the molecule is O=C(CCN1C(=O)COc2ccccc21)OCC(=O)c1cccs1. The Morgan fingerprint density at radius 2 is 2.04 bits per heavy atom. The second kappa shape index (κ2) is 7.27. The summed E-state index contributed by atoms with van der Waals surface area (Å²) >= 11 is 1.30. The van der Waals surface area contributed by atoms with Gasteiger partial charge in [-0.05, 0) is 23.6 Å². The van der Waals surface area contributed by atoms with Crippen molar-refractivity contribution in [2.24, 2.45) is 0 Å². The summed E-state index contributed by atoms with van der Waals surface area (Å²) in [6, 6.07) is 10.6. The number of hydrogen-bond donors (Lipinski definition) is 0. The molecule has 1 aliphatic rings. The Labute approximate surface area is 142 Å². The molecular weight excluding hydrogens is 330 g/mol. The standard InChI is InChI=1S/C17H15NO5S/c19-13(15-6-3-9-24-15)10-23-17(21)7-8-18-12-4-1-2-5-14(12)22-11-16(18)20/h1-6,9H,7-8,10-11H2. The van der Waals surface area contributed by atoms with Gasteiger partial charge < -0.3 is 14.4 Å². The van der Waals surface area contributed by atoms with Gasteiger partial charge in [0.1, 0.15) is 5.75 Å². The largest absolute Gasteiger partial charge is 0.482 e. The van der Waals surface area contributed by atoms with E-state index < -0.39 is 5.97 Å². The summed E-state index contributed by atoms with van der Waals surface area (Å²) in [5.41, 5.74) is 0.635. The number of anilines is 1. The Kier molecular flexibility index (Phi) is 4.90. The first kappa shape index (κ1) is 16.2. The number of ketones is 1. The third-order valence-electron chi connectivity index (χ3n) is 3.51. The molecule has 0 aliphatic carbocycles. The lowest BCUT2D eigenvalue weighted by atomic mass is 10.2. The highest BCUT2D eigenvalue weighted by Crippen LogP contribution is 2.31. The van der Waals surface area contributed by atoms with Crippen LogP contribution in [0.2, 0.25) is 0 Å². The van der Waals surface area contributed by atoms with Gasteiger partial charge in [0.15, 0.2) is 13.2 Å². The number of Topliss-reactive ketones (excluding diaryl/α,β-unsaturated/α-hetero) is 1. The van der Waals surface area contributed by atoms with Crippen molar-refractivity contribution in [3.8, 4) is 5.75 Å². The lowest BCUT2D eigenvalue weighted by Crippen LogP contribution is -2.40. The van der Waals surface area contributed by atoms with Crippen LogP contribution in [0.1, 0.15) is 16.1 Å². The summed E-state index contributed by atoms with van der Waals surface area (Å²) in [6.45, 7) is -0.152. The van der Waals surface area contributed by atoms with Crippen LogP contribution in [0.4, 0.5) is 5.69 Å². The van der Waals surface area contributed by atoms with E-state index >= 15 is 0 Å². The van der Waals surface area contributed by atoms with Gasteiger partial charge in [-0.3, -0.25) is 14.4 Å². The number of carbonyl (C=O) groups is 3. The van der Waals surface area contributed by atoms with E-state index in [9.17, 15) is 14.4 Å². The van der Waals surface area contributed by atoms with Gasteiger partial charge in [0.05, 0.1) is 17.0 Å². The van der Waals surface area contributed by atoms with E-state index in [1.54, 1.807) is 35.7 Å². The molecule has 2 aromatic rings. The van der Waals surface area contributed by atoms with Crippen LogP contribution in [-0.2, 0) is 14.3 Å². The van der Waals surface area contributed by atoms with Crippen molar-refractivity contribution in [2.45, 2.75) is 6.42 Å². The fraction of sp³-hybridized carbons (Fsp3) is 0.235. The molecule has 2 heterocycles. The zero-order valence-electron chi connectivity index (χ0n) is 12.8. The number of benzene rings is 1. The number of fused-ring (bicyclic) bond motifs is 1. The number of hydrogen-bond acceptors (Lipinski definition) is 6. The van der Waals surface area contributed by atoms with E-state index in [0.29, 0.717) is 16.3 Å². The number of rotatable bonds is 6. The normalized spacial score (nSPS) is 13.2. The molecule has 0 unspecified atom stereocenters. The third kappa shape index (κ3) is 3.62. The summed E-state index contributed by atoms with van der Waals surface area (Å²) in [5.74, 6) is -0.350. The first-order valence-electron chi connectivity index (χ1n) is 7.39. The van der Waals surface area contributed by atoms with Crippen LogP contribution in [0.25, 0.3) is 0 Å². The van der Waals surface area contributed by atoms with E-state index in [2.05, 4.69) is 0 Å². The van der Waals surface area contributed by atoms with Crippen LogP contribution in [0.5, 0.6) is 5.75 Å². The molecule has 0 fully saturated rings. The molecule has 0 radical (unpaired) electrons. The predicted molar refractivity (Wildman–Crippen MR) is 88.5 cm³/mol. The highest BCUT2D eigenvalue weighted by molar-refractivity contribution is 7.12. The molecule has 7 heteroatoms. The molecule has 124 valence electrons. The van der Waals surface area contributed by atoms with Crippen LogP contribution in [0.3, 0.4) is 0 Å². The molecular formula is C17H15NO5S. The summed E-state index contributed by atoms with van der Waals surface area (Å²) in [6.07, 6.45) is 0.0117. The quantitative estimate of drug-likeness (QED) is 0.593. The molecule has 3 rings (SSSR count). The van der Waals surface area contributed by atoms with Crippen molar-refractivity contribution in [3.63, 3.8) is 0 Å².